The van der Waals surface area contributed by atoms with Crippen molar-refractivity contribution >= 4 is 18.3 Å². The van der Waals surface area contributed by atoms with Crippen molar-refractivity contribution in [1.82, 2.24) is 15.2 Å². The zero-order valence-corrected chi connectivity index (χ0v) is 14.6. The summed E-state index contributed by atoms with van der Waals surface area (Å²) in [6, 6.07) is 4.17. The van der Waals surface area contributed by atoms with Crippen LogP contribution in [0.1, 0.15) is 56.6 Å². The molecule has 128 valence electrons. The molecule has 2 heterocycles. The lowest BCUT2D eigenvalue weighted by atomic mass is 9.86. The Bertz CT molecular complexity index is 476. The maximum atomic E-state index is 12.7. The molecule has 0 radical (unpaired) electrons. The second-order valence-electron chi connectivity index (χ2n) is 6.64. The number of aromatic nitrogens is 1. The van der Waals surface area contributed by atoms with Gasteiger partial charge in [0.15, 0.2) is 0 Å². The van der Waals surface area contributed by atoms with Gasteiger partial charge in [0.05, 0.1) is 6.04 Å². The van der Waals surface area contributed by atoms with Crippen molar-refractivity contribution in [3.05, 3.63) is 30.1 Å². The van der Waals surface area contributed by atoms with E-state index >= 15 is 0 Å². The number of piperazine rings is 1. The summed E-state index contributed by atoms with van der Waals surface area (Å²) in [6.07, 6.45) is 12.2. The lowest BCUT2D eigenvalue weighted by molar-refractivity contribution is -0.135. The van der Waals surface area contributed by atoms with Gasteiger partial charge in [-0.05, 0) is 24.0 Å². The summed E-state index contributed by atoms with van der Waals surface area (Å²) in [7, 11) is 0. The second-order valence-corrected chi connectivity index (χ2v) is 6.64. The van der Waals surface area contributed by atoms with E-state index in [9.17, 15) is 4.79 Å². The van der Waals surface area contributed by atoms with E-state index < -0.39 is 0 Å². The molecule has 1 aliphatic carbocycles. The number of amides is 1. The Morgan fingerprint density at radius 1 is 1.30 bits per heavy atom. The van der Waals surface area contributed by atoms with E-state index in [-0.39, 0.29) is 18.4 Å². The smallest absolute Gasteiger partial charge is 0.223 e. The Morgan fingerprint density at radius 3 is 2.87 bits per heavy atom. The Balaban J connectivity index is 0.00000192. The minimum Gasteiger partial charge on any atom is -0.333 e. The normalized spacial score (nSPS) is 22.4. The van der Waals surface area contributed by atoms with E-state index in [0.717, 1.165) is 37.5 Å². The first-order valence-corrected chi connectivity index (χ1v) is 8.74. The van der Waals surface area contributed by atoms with E-state index in [1.54, 1.807) is 6.20 Å². The highest BCUT2D eigenvalue weighted by Crippen LogP contribution is 2.29. The van der Waals surface area contributed by atoms with E-state index in [4.69, 9.17) is 0 Å². The molecule has 1 N–H and O–H groups in total. The molecular weight excluding hydrogens is 310 g/mol. The van der Waals surface area contributed by atoms with Crippen LogP contribution in [-0.2, 0) is 4.79 Å². The van der Waals surface area contributed by atoms with Gasteiger partial charge < -0.3 is 10.2 Å². The summed E-state index contributed by atoms with van der Waals surface area (Å²) < 4.78 is 0. The molecule has 4 nitrogen and oxygen atoms in total. The maximum absolute atomic E-state index is 12.7. The molecule has 1 saturated heterocycles. The van der Waals surface area contributed by atoms with Crippen molar-refractivity contribution < 1.29 is 4.79 Å². The molecule has 0 bridgehead atoms. The molecule has 1 saturated carbocycles. The molecule has 1 aliphatic heterocycles. The van der Waals surface area contributed by atoms with Crippen LogP contribution in [0, 0.1) is 5.92 Å². The topological polar surface area (TPSA) is 45.2 Å². The number of carbonyl (C=O) groups excluding carboxylic acids is 1. The summed E-state index contributed by atoms with van der Waals surface area (Å²) in [5.41, 5.74) is 1.14. The van der Waals surface area contributed by atoms with Gasteiger partial charge in [0.25, 0.3) is 0 Å². The molecule has 1 amide bonds. The number of nitrogens with one attached hydrogen (secondary N) is 1. The first-order valence-electron chi connectivity index (χ1n) is 8.74. The summed E-state index contributed by atoms with van der Waals surface area (Å²) >= 11 is 0. The van der Waals surface area contributed by atoms with Crippen molar-refractivity contribution in [3.63, 3.8) is 0 Å². The SMILES string of the molecule is Cl.O=C(CCC1CCCCC1)N1CCNCC1c1cccnc1. The Kier molecular flexibility index (Phi) is 7.31. The number of hydrogen-bond donors (Lipinski definition) is 1. The van der Waals surface area contributed by atoms with Crippen molar-refractivity contribution in [2.24, 2.45) is 5.92 Å². The molecule has 5 heteroatoms. The third kappa shape index (κ3) is 4.92. The zero-order valence-electron chi connectivity index (χ0n) is 13.7. The minimum absolute atomic E-state index is 0. The van der Waals surface area contributed by atoms with Crippen LogP contribution in [0.5, 0.6) is 0 Å². The molecule has 23 heavy (non-hydrogen) atoms. The monoisotopic (exact) mass is 337 g/mol. The fourth-order valence-electron chi connectivity index (χ4n) is 3.82. The van der Waals surface area contributed by atoms with Gasteiger partial charge in [-0.25, -0.2) is 0 Å². The molecule has 1 aromatic rings. The molecule has 0 spiro atoms. The summed E-state index contributed by atoms with van der Waals surface area (Å²) in [6.45, 7) is 2.54. The number of carbonyl (C=O) groups is 1. The fourth-order valence-corrected chi connectivity index (χ4v) is 3.82. The van der Waals surface area contributed by atoms with Crippen LogP contribution >= 0.6 is 12.4 Å². The van der Waals surface area contributed by atoms with E-state index in [2.05, 4.69) is 21.3 Å². The van der Waals surface area contributed by atoms with Gasteiger partial charge in [-0.3, -0.25) is 9.78 Å². The maximum Gasteiger partial charge on any atom is 0.223 e. The van der Waals surface area contributed by atoms with Gasteiger partial charge in [-0.2, -0.15) is 0 Å². The van der Waals surface area contributed by atoms with Crippen LogP contribution in [0.4, 0.5) is 0 Å². The quantitative estimate of drug-likeness (QED) is 0.916. The van der Waals surface area contributed by atoms with E-state index in [1.165, 1.54) is 32.1 Å². The minimum atomic E-state index is 0. The van der Waals surface area contributed by atoms with E-state index in [0.29, 0.717) is 12.3 Å². The molecule has 0 aromatic carbocycles. The Labute approximate surface area is 145 Å². The summed E-state index contributed by atoms with van der Waals surface area (Å²) in [5.74, 6) is 1.10. The predicted molar refractivity (Wildman–Crippen MR) is 94.6 cm³/mol. The van der Waals surface area contributed by atoms with Gasteiger partial charge in [-0.1, -0.05) is 38.2 Å². The summed E-state index contributed by atoms with van der Waals surface area (Å²) in [4.78, 5) is 19.0. The summed E-state index contributed by atoms with van der Waals surface area (Å²) in [5, 5.41) is 3.40. The van der Waals surface area contributed by atoms with Crippen molar-refractivity contribution in [3.8, 4) is 0 Å². The average Bonchev–Trinajstić information content (AvgIpc) is 2.61. The zero-order chi connectivity index (χ0) is 15.2. The average molecular weight is 338 g/mol. The van der Waals surface area contributed by atoms with Gasteiger partial charge in [0, 0.05) is 38.4 Å². The Morgan fingerprint density at radius 2 is 2.13 bits per heavy atom. The van der Waals surface area contributed by atoms with Crippen LogP contribution in [0.25, 0.3) is 0 Å². The van der Waals surface area contributed by atoms with Gasteiger partial charge in [-0.15, -0.1) is 12.4 Å². The Hall–Kier alpha value is -1.13. The highest BCUT2D eigenvalue weighted by atomic mass is 35.5. The first-order chi connectivity index (χ1) is 10.8. The largest absolute Gasteiger partial charge is 0.333 e. The highest BCUT2D eigenvalue weighted by molar-refractivity contribution is 5.85. The fraction of sp³-hybridized carbons (Fsp3) is 0.667. The van der Waals surface area contributed by atoms with E-state index in [1.807, 2.05) is 12.3 Å². The van der Waals surface area contributed by atoms with Crippen molar-refractivity contribution in [2.45, 2.75) is 51.0 Å². The first kappa shape index (κ1) is 18.2. The lowest BCUT2D eigenvalue weighted by Gasteiger charge is -2.37. The predicted octanol–water partition coefficient (Wildman–Crippen LogP) is 3.34. The third-order valence-electron chi connectivity index (χ3n) is 5.12. The van der Waals surface area contributed by atoms with Crippen LogP contribution in [0.15, 0.2) is 24.5 Å². The number of pyridine rings is 1. The van der Waals surface area contributed by atoms with Crippen LogP contribution in [-0.4, -0.2) is 35.4 Å². The van der Waals surface area contributed by atoms with Gasteiger partial charge >= 0.3 is 0 Å². The standard InChI is InChI=1S/C18H27N3O.ClH/c22-18(9-8-15-5-2-1-3-6-15)21-12-11-20-14-17(21)16-7-4-10-19-13-16;/h4,7,10,13,15,17,20H,1-3,5-6,8-9,11-12,14H2;1H. The van der Waals surface area contributed by atoms with Gasteiger partial charge in [0.2, 0.25) is 5.91 Å². The van der Waals surface area contributed by atoms with Crippen LogP contribution in [0.2, 0.25) is 0 Å². The molecule has 3 rings (SSSR count). The van der Waals surface area contributed by atoms with Crippen LogP contribution < -0.4 is 5.32 Å². The highest BCUT2D eigenvalue weighted by Gasteiger charge is 2.28. The number of nitrogens with zero attached hydrogens (tertiary/aromatic N) is 2. The van der Waals surface area contributed by atoms with Gasteiger partial charge in [0.1, 0.15) is 0 Å². The molecule has 1 aromatic heterocycles. The molecular formula is C18H28ClN3O. The molecule has 1 unspecified atom stereocenters. The molecule has 1 atom stereocenters. The third-order valence-corrected chi connectivity index (χ3v) is 5.12. The van der Waals surface area contributed by atoms with Crippen LogP contribution in [0.3, 0.4) is 0 Å². The number of hydrogen-bond acceptors (Lipinski definition) is 3. The number of halogens is 1. The van der Waals surface area contributed by atoms with Crippen molar-refractivity contribution in [2.75, 3.05) is 19.6 Å². The molecule has 2 aliphatic rings. The van der Waals surface area contributed by atoms with Crippen molar-refractivity contribution in [1.29, 1.82) is 0 Å². The number of rotatable bonds is 4. The molecule has 2 fully saturated rings. The second kappa shape index (κ2) is 9.24. The lowest BCUT2D eigenvalue weighted by Crippen LogP contribution is -2.48.